The summed E-state index contributed by atoms with van der Waals surface area (Å²) in [5, 5.41) is 17.5. The van der Waals surface area contributed by atoms with Gasteiger partial charge in [-0.05, 0) is 23.5 Å². The summed E-state index contributed by atoms with van der Waals surface area (Å²) in [5.74, 6) is -0.330. The number of rotatable bonds is 3. The monoisotopic (exact) mass is 419 g/mol. The van der Waals surface area contributed by atoms with Crippen molar-refractivity contribution in [2.24, 2.45) is 0 Å². The number of hydrogen-bond donors (Lipinski definition) is 2. The number of aliphatic hydroxyl groups is 1. The fourth-order valence-electron chi connectivity index (χ4n) is 3.30. The Balaban J connectivity index is 1.74. The first-order valence-electron chi connectivity index (χ1n) is 9.47. The summed E-state index contributed by atoms with van der Waals surface area (Å²) in [7, 11) is 0. The van der Waals surface area contributed by atoms with Crippen LogP contribution in [0.1, 0.15) is 32.8 Å². The first-order chi connectivity index (χ1) is 13.8. The first kappa shape index (κ1) is 20.0. The van der Waals surface area contributed by atoms with Gasteiger partial charge in [-0.1, -0.05) is 38.4 Å². The fraction of sp³-hybridized carbons (Fsp3) is 0.450. The van der Waals surface area contributed by atoms with E-state index in [0.29, 0.717) is 24.4 Å². The van der Waals surface area contributed by atoms with Crippen molar-refractivity contribution in [3.05, 3.63) is 40.9 Å². The Morgan fingerprint density at radius 1 is 1.28 bits per heavy atom. The summed E-state index contributed by atoms with van der Waals surface area (Å²) in [5.41, 5.74) is 2.04. The molecule has 29 heavy (non-hydrogen) atoms. The second-order valence-corrected chi connectivity index (χ2v) is 8.60. The minimum Gasteiger partial charge on any atom is -0.389 e. The molecule has 1 fully saturated rings. The molecule has 0 aromatic carbocycles. The van der Waals surface area contributed by atoms with Gasteiger partial charge in [-0.2, -0.15) is 0 Å². The average molecular weight is 420 g/mol. The van der Waals surface area contributed by atoms with Crippen molar-refractivity contribution in [3.63, 3.8) is 0 Å². The summed E-state index contributed by atoms with van der Waals surface area (Å²) in [6.45, 7) is 7.08. The zero-order valence-corrected chi connectivity index (χ0v) is 17.2. The van der Waals surface area contributed by atoms with Crippen molar-refractivity contribution in [2.75, 3.05) is 18.5 Å². The molecule has 9 heteroatoms. The molecule has 1 aliphatic rings. The lowest BCUT2D eigenvalue weighted by Gasteiger charge is -2.28. The van der Waals surface area contributed by atoms with Gasteiger partial charge >= 0.3 is 0 Å². The number of pyridine rings is 1. The van der Waals surface area contributed by atoms with E-state index in [9.17, 15) is 9.50 Å². The van der Waals surface area contributed by atoms with Crippen LogP contribution in [0.25, 0.3) is 16.9 Å². The number of nitrogens with zero attached hydrogens (tertiary/aromatic N) is 4. The molecule has 3 aromatic heterocycles. The zero-order chi connectivity index (χ0) is 20.8. The van der Waals surface area contributed by atoms with Crippen LogP contribution in [0.15, 0.2) is 24.5 Å². The number of nitrogens with one attached hydrogen (secondary N) is 1. The van der Waals surface area contributed by atoms with Gasteiger partial charge in [0.05, 0.1) is 30.6 Å². The lowest BCUT2D eigenvalue weighted by atomic mass is 9.88. The molecule has 0 spiro atoms. The van der Waals surface area contributed by atoms with E-state index in [-0.39, 0.29) is 34.6 Å². The Morgan fingerprint density at radius 3 is 2.72 bits per heavy atom. The van der Waals surface area contributed by atoms with Gasteiger partial charge in [-0.3, -0.25) is 4.98 Å². The van der Waals surface area contributed by atoms with E-state index in [0.717, 1.165) is 5.56 Å². The van der Waals surface area contributed by atoms with Crippen molar-refractivity contribution in [1.82, 2.24) is 19.6 Å². The Bertz CT molecular complexity index is 1030. The molecule has 0 bridgehead atoms. The summed E-state index contributed by atoms with van der Waals surface area (Å²) in [4.78, 5) is 8.66. The quantitative estimate of drug-likeness (QED) is 0.676. The Kier molecular flexibility index (Phi) is 5.18. The van der Waals surface area contributed by atoms with E-state index in [2.05, 4.69) is 41.2 Å². The topological polar surface area (TPSA) is 84.6 Å². The van der Waals surface area contributed by atoms with Crippen molar-refractivity contribution >= 4 is 23.1 Å². The third-order valence-corrected chi connectivity index (χ3v) is 5.43. The summed E-state index contributed by atoms with van der Waals surface area (Å²) in [6.07, 6.45) is 3.09. The van der Waals surface area contributed by atoms with Crippen molar-refractivity contribution < 1.29 is 14.2 Å². The zero-order valence-electron chi connectivity index (χ0n) is 16.5. The van der Waals surface area contributed by atoms with E-state index in [1.165, 1.54) is 10.7 Å². The predicted molar refractivity (Wildman–Crippen MR) is 109 cm³/mol. The van der Waals surface area contributed by atoms with E-state index in [1.54, 1.807) is 6.20 Å². The van der Waals surface area contributed by atoms with Crippen LogP contribution in [0, 0.1) is 5.82 Å². The maximum atomic E-state index is 14.7. The van der Waals surface area contributed by atoms with Gasteiger partial charge in [0.2, 0.25) is 5.95 Å². The molecule has 2 atom stereocenters. The van der Waals surface area contributed by atoms with Crippen LogP contribution in [0.4, 0.5) is 10.3 Å². The average Bonchev–Trinajstić information content (AvgIpc) is 2.93. The molecule has 0 saturated carbocycles. The molecule has 3 aromatic rings. The van der Waals surface area contributed by atoms with Gasteiger partial charge in [0.25, 0.3) is 0 Å². The van der Waals surface area contributed by atoms with Gasteiger partial charge < -0.3 is 15.2 Å². The smallest absolute Gasteiger partial charge is 0.241 e. The highest BCUT2D eigenvalue weighted by Gasteiger charge is 2.26. The summed E-state index contributed by atoms with van der Waals surface area (Å²) >= 11 is 6.29. The molecule has 4 heterocycles. The van der Waals surface area contributed by atoms with E-state index >= 15 is 0 Å². The van der Waals surface area contributed by atoms with E-state index in [4.69, 9.17) is 16.3 Å². The van der Waals surface area contributed by atoms with Crippen LogP contribution >= 0.6 is 11.6 Å². The fourth-order valence-corrected chi connectivity index (χ4v) is 3.58. The molecule has 1 aliphatic heterocycles. The first-order valence-corrected chi connectivity index (χ1v) is 9.85. The highest BCUT2D eigenvalue weighted by molar-refractivity contribution is 6.33. The lowest BCUT2D eigenvalue weighted by Crippen LogP contribution is -2.42. The number of halogens is 2. The SMILES string of the molecule is CC(C)(C)c1ccc(-c2c(Cl)c(F)c3cnc(N[C@@H]4CCOC[C@H]4O)nn23)nc1. The Labute approximate surface area is 172 Å². The summed E-state index contributed by atoms with van der Waals surface area (Å²) < 4.78 is 21.3. The maximum absolute atomic E-state index is 14.7. The number of aromatic nitrogens is 4. The number of anilines is 1. The molecule has 0 amide bonds. The molecule has 0 unspecified atom stereocenters. The normalized spacial score (nSPS) is 20.2. The van der Waals surface area contributed by atoms with Crippen LogP contribution in [-0.4, -0.2) is 50.0 Å². The Morgan fingerprint density at radius 2 is 2.07 bits per heavy atom. The molecular formula is C20H23ClFN5O2. The minimum absolute atomic E-state index is 0.0500. The van der Waals surface area contributed by atoms with E-state index in [1.807, 2.05) is 12.1 Å². The molecule has 0 radical (unpaired) electrons. The number of ether oxygens (including phenoxy) is 1. The Hall–Kier alpha value is -2.29. The van der Waals surface area contributed by atoms with Crippen molar-refractivity contribution in [2.45, 2.75) is 44.8 Å². The van der Waals surface area contributed by atoms with Gasteiger partial charge in [0.1, 0.15) is 16.2 Å². The highest BCUT2D eigenvalue weighted by atomic mass is 35.5. The maximum Gasteiger partial charge on any atom is 0.241 e. The van der Waals surface area contributed by atoms with Crippen LogP contribution < -0.4 is 5.32 Å². The van der Waals surface area contributed by atoms with E-state index < -0.39 is 11.9 Å². The number of fused-ring (bicyclic) bond motifs is 1. The molecule has 7 nitrogen and oxygen atoms in total. The van der Waals surface area contributed by atoms with Crippen molar-refractivity contribution in [1.29, 1.82) is 0 Å². The van der Waals surface area contributed by atoms with Crippen LogP contribution in [0.5, 0.6) is 0 Å². The second-order valence-electron chi connectivity index (χ2n) is 8.22. The van der Waals surface area contributed by atoms with Gasteiger partial charge in [-0.25, -0.2) is 13.9 Å². The molecule has 1 saturated heterocycles. The van der Waals surface area contributed by atoms with Crippen LogP contribution in [0.2, 0.25) is 5.02 Å². The molecule has 4 rings (SSSR count). The second kappa shape index (κ2) is 7.51. The third kappa shape index (κ3) is 3.80. The summed E-state index contributed by atoms with van der Waals surface area (Å²) in [6, 6.07) is 3.52. The molecule has 0 aliphatic carbocycles. The standard InChI is InChI=1S/C20H23ClFN5O2/c1-20(2,3)11-4-5-13(23-8-11)18-16(21)17(22)14-9-24-19(26-27(14)18)25-12-6-7-29-10-15(12)28/h4-5,8-9,12,15,28H,6-7,10H2,1-3H3,(H,25,26)/t12-,15-/m1/s1. The highest BCUT2D eigenvalue weighted by Crippen LogP contribution is 2.34. The molecule has 2 N–H and O–H groups in total. The minimum atomic E-state index is -0.667. The van der Waals surface area contributed by atoms with Crippen LogP contribution in [0.3, 0.4) is 0 Å². The van der Waals surface area contributed by atoms with Gasteiger partial charge in [0, 0.05) is 12.8 Å². The van der Waals surface area contributed by atoms with Gasteiger partial charge in [-0.15, -0.1) is 5.10 Å². The van der Waals surface area contributed by atoms with Crippen molar-refractivity contribution in [3.8, 4) is 11.4 Å². The number of hydrogen-bond acceptors (Lipinski definition) is 6. The number of aliphatic hydroxyl groups excluding tert-OH is 1. The third-order valence-electron chi connectivity index (χ3n) is 5.08. The predicted octanol–water partition coefficient (Wildman–Crippen LogP) is 3.44. The molecule has 154 valence electrons. The van der Waals surface area contributed by atoms with Crippen LogP contribution in [-0.2, 0) is 10.2 Å². The molecular weight excluding hydrogens is 397 g/mol. The lowest BCUT2D eigenvalue weighted by molar-refractivity contribution is -0.0136. The van der Waals surface area contributed by atoms with Gasteiger partial charge in [0.15, 0.2) is 5.82 Å². The largest absolute Gasteiger partial charge is 0.389 e.